The van der Waals surface area contributed by atoms with Crippen LogP contribution in [-0.2, 0) is 9.53 Å². The van der Waals surface area contributed by atoms with Crippen molar-refractivity contribution in [2.75, 3.05) is 32.8 Å². The van der Waals surface area contributed by atoms with E-state index in [0.29, 0.717) is 38.5 Å². The highest BCUT2D eigenvalue weighted by Gasteiger charge is 2.26. The lowest BCUT2D eigenvalue weighted by Crippen LogP contribution is -2.47. The van der Waals surface area contributed by atoms with Crippen molar-refractivity contribution in [1.82, 2.24) is 10.2 Å². The molecule has 1 aromatic carbocycles. The second-order valence-electron chi connectivity index (χ2n) is 6.38. The molecule has 1 atom stereocenters. The minimum atomic E-state index is -0.430. The fourth-order valence-corrected chi connectivity index (χ4v) is 3.15. The first kappa shape index (κ1) is 20.4. The molecular weight excluding hydrogens is 362 g/mol. The number of nitrogens with one attached hydrogen (secondary N) is 1. The fraction of sp³-hybridized carbons (Fsp3) is 0.588. The first-order valence-electron chi connectivity index (χ1n) is 8.62. The molecule has 8 nitrogen and oxygen atoms in total. The number of carbonyl (C=O) groups excluding carboxylic acids is 1. The average Bonchev–Trinajstić information content (AvgIpc) is 2.63. The number of hydrogen-bond donors (Lipinski definition) is 1. The van der Waals surface area contributed by atoms with Crippen molar-refractivity contribution in [2.45, 2.75) is 31.4 Å². The number of ether oxygens (including phenoxy) is 2. The normalized spacial score (nSPS) is 20.9. The van der Waals surface area contributed by atoms with Gasteiger partial charge in [0, 0.05) is 57.1 Å². The Balaban J connectivity index is 0.00000243. The third kappa shape index (κ3) is 5.55. The van der Waals surface area contributed by atoms with E-state index < -0.39 is 4.92 Å². The predicted octanol–water partition coefficient (Wildman–Crippen LogP) is 1.76. The van der Waals surface area contributed by atoms with E-state index in [4.69, 9.17) is 9.47 Å². The summed E-state index contributed by atoms with van der Waals surface area (Å²) >= 11 is 0. The molecule has 2 fully saturated rings. The average molecular weight is 386 g/mol. The van der Waals surface area contributed by atoms with Crippen LogP contribution in [0.3, 0.4) is 0 Å². The highest BCUT2D eigenvalue weighted by atomic mass is 35.5. The number of morpholine rings is 1. The van der Waals surface area contributed by atoms with Gasteiger partial charge in [0.1, 0.15) is 11.9 Å². The lowest BCUT2D eigenvalue weighted by molar-refractivity contribution is -0.384. The van der Waals surface area contributed by atoms with E-state index in [-0.39, 0.29) is 36.1 Å². The van der Waals surface area contributed by atoms with Crippen LogP contribution in [0.2, 0.25) is 0 Å². The Hall–Kier alpha value is -1.90. The minimum Gasteiger partial charge on any atom is -0.490 e. The van der Waals surface area contributed by atoms with Crippen molar-refractivity contribution < 1.29 is 19.2 Å². The van der Waals surface area contributed by atoms with E-state index in [2.05, 4.69) is 5.32 Å². The minimum absolute atomic E-state index is 0. The van der Waals surface area contributed by atoms with Gasteiger partial charge in [-0.05, 0) is 12.1 Å². The Labute approximate surface area is 158 Å². The number of benzene rings is 1. The molecular formula is C17H24ClN3O5. The maximum atomic E-state index is 12.4. The van der Waals surface area contributed by atoms with Gasteiger partial charge in [-0.25, -0.2) is 0 Å². The van der Waals surface area contributed by atoms with Crippen molar-refractivity contribution >= 4 is 24.0 Å². The molecule has 1 N–H and O–H groups in total. The van der Waals surface area contributed by atoms with E-state index in [1.165, 1.54) is 12.1 Å². The van der Waals surface area contributed by atoms with Crippen LogP contribution in [0.4, 0.5) is 5.69 Å². The van der Waals surface area contributed by atoms with Gasteiger partial charge < -0.3 is 19.7 Å². The zero-order valence-corrected chi connectivity index (χ0v) is 15.3. The number of piperidine rings is 1. The Kier molecular flexibility index (Phi) is 7.62. The number of nitrogens with zero attached hydrogens (tertiary/aromatic N) is 2. The number of amides is 1. The summed E-state index contributed by atoms with van der Waals surface area (Å²) in [5.74, 6) is 0.774. The smallest absolute Gasteiger partial charge is 0.269 e. The topological polar surface area (TPSA) is 93.9 Å². The molecule has 1 unspecified atom stereocenters. The van der Waals surface area contributed by atoms with Crippen LogP contribution in [0.1, 0.15) is 19.3 Å². The predicted molar refractivity (Wildman–Crippen MR) is 97.8 cm³/mol. The van der Waals surface area contributed by atoms with Crippen LogP contribution in [0.15, 0.2) is 24.3 Å². The van der Waals surface area contributed by atoms with Gasteiger partial charge in [0.15, 0.2) is 0 Å². The molecule has 1 amide bonds. The summed E-state index contributed by atoms with van der Waals surface area (Å²) in [7, 11) is 0. The van der Waals surface area contributed by atoms with Gasteiger partial charge in [0.25, 0.3) is 5.69 Å². The molecule has 26 heavy (non-hydrogen) atoms. The van der Waals surface area contributed by atoms with Crippen LogP contribution in [-0.4, -0.2) is 60.7 Å². The molecule has 1 aromatic rings. The Bertz CT molecular complexity index is 599. The first-order valence-corrected chi connectivity index (χ1v) is 8.62. The summed E-state index contributed by atoms with van der Waals surface area (Å²) in [4.78, 5) is 24.5. The highest BCUT2D eigenvalue weighted by molar-refractivity contribution is 5.85. The summed E-state index contributed by atoms with van der Waals surface area (Å²) in [6.45, 7) is 3.43. The van der Waals surface area contributed by atoms with E-state index in [1.807, 2.05) is 4.90 Å². The number of nitro groups is 1. The highest BCUT2D eigenvalue weighted by Crippen LogP contribution is 2.22. The number of halogens is 1. The number of non-ortho nitro benzene ring substituents is 1. The Morgan fingerprint density at radius 2 is 2.00 bits per heavy atom. The zero-order chi connectivity index (χ0) is 17.6. The Morgan fingerprint density at radius 1 is 1.31 bits per heavy atom. The molecule has 2 heterocycles. The SMILES string of the molecule is Cl.O=C(CC1COCCN1)N1CCC(Oc2ccc([N+](=O)[O-])cc2)CC1. The van der Waals surface area contributed by atoms with Crippen molar-refractivity contribution in [2.24, 2.45) is 0 Å². The van der Waals surface area contributed by atoms with Crippen LogP contribution >= 0.6 is 12.4 Å². The molecule has 144 valence electrons. The van der Waals surface area contributed by atoms with Gasteiger partial charge in [0.05, 0.1) is 18.1 Å². The monoisotopic (exact) mass is 385 g/mol. The fourth-order valence-electron chi connectivity index (χ4n) is 3.15. The second kappa shape index (κ2) is 9.70. The quantitative estimate of drug-likeness (QED) is 0.613. The van der Waals surface area contributed by atoms with Gasteiger partial charge in [-0.2, -0.15) is 0 Å². The molecule has 3 rings (SSSR count). The van der Waals surface area contributed by atoms with Gasteiger partial charge >= 0.3 is 0 Å². The number of likely N-dealkylation sites (tertiary alicyclic amines) is 1. The van der Waals surface area contributed by atoms with E-state index in [9.17, 15) is 14.9 Å². The lowest BCUT2D eigenvalue weighted by atomic mass is 10.1. The van der Waals surface area contributed by atoms with Crippen LogP contribution < -0.4 is 10.1 Å². The second-order valence-corrected chi connectivity index (χ2v) is 6.38. The number of hydrogen-bond acceptors (Lipinski definition) is 6. The van der Waals surface area contributed by atoms with Crippen LogP contribution in [0, 0.1) is 10.1 Å². The van der Waals surface area contributed by atoms with Crippen molar-refractivity contribution in [1.29, 1.82) is 0 Å². The molecule has 2 saturated heterocycles. The number of rotatable bonds is 5. The summed E-state index contributed by atoms with van der Waals surface area (Å²) < 4.78 is 11.3. The molecule has 2 aliphatic rings. The molecule has 0 spiro atoms. The molecule has 0 bridgehead atoms. The summed E-state index contributed by atoms with van der Waals surface area (Å²) in [6.07, 6.45) is 2.02. The van der Waals surface area contributed by atoms with Gasteiger partial charge in [-0.15, -0.1) is 12.4 Å². The summed E-state index contributed by atoms with van der Waals surface area (Å²) in [6, 6.07) is 6.21. The molecule has 2 aliphatic heterocycles. The maximum Gasteiger partial charge on any atom is 0.269 e. The van der Waals surface area contributed by atoms with Crippen LogP contribution in [0.5, 0.6) is 5.75 Å². The largest absolute Gasteiger partial charge is 0.490 e. The molecule has 0 saturated carbocycles. The lowest BCUT2D eigenvalue weighted by Gasteiger charge is -2.33. The standard InChI is InChI=1S/C17H23N3O5.ClH/c21-17(11-13-12-24-10-7-18-13)19-8-5-16(6-9-19)25-15-3-1-14(2-4-15)20(22)23;/h1-4,13,16,18H,5-12H2;1H. The van der Waals surface area contributed by atoms with Crippen LogP contribution in [0.25, 0.3) is 0 Å². The first-order chi connectivity index (χ1) is 12.1. The van der Waals surface area contributed by atoms with E-state index in [1.54, 1.807) is 12.1 Å². The van der Waals surface area contributed by atoms with Crippen molar-refractivity contribution in [3.63, 3.8) is 0 Å². The Morgan fingerprint density at radius 3 is 2.58 bits per heavy atom. The van der Waals surface area contributed by atoms with E-state index in [0.717, 1.165) is 19.4 Å². The molecule has 0 aromatic heterocycles. The molecule has 9 heteroatoms. The van der Waals surface area contributed by atoms with Crippen molar-refractivity contribution in [3.8, 4) is 5.75 Å². The maximum absolute atomic E-state index is 12.4. The zero-order valence-electron chi connectivity index (χ0n) is 14.5. The third-order valence-electron chi connectivity index (χ3n) is 4.56. The van der Waals surface area contributed by atoms with Gasteiger partial charge in [-0.1, -0.05) is 0 Å². The summed E-state index contributed by atoms with van der Waals surface area (Å²) in [5.41, 5.74) is 0.0491. The van der Waals surface area contributed by atoms with Gasteiger partial charge in [0.2, 0.25) is 5.91 Å². The van der Waals surface area contributed by atoms with Gasteiger partial charge in [-0.3, -0.25) is 14.9 Å². The third-order valence-corrected chi connectivity index (χ3v) is 4.56. The van der Waals surface area contributed by atoms with E-state index >= 15 is 0 Å². The number of carbonyl (C=O) groups is 1. The number of nitro benzene ring substituents is 1. The van der Waals surface area contributed by atoms with Crippen molar-refractivity contribution in [3.05, 3.63) is 34.4 Å². The molecule has 0 radical (unpaired) electrons. The summed E-state index contributed by atoms with van der Waals surface area (Å²) in [5, 5.41) is 14.0. The molecule has 0 aliphatic carbocycles.